The third-order valence-corrected chi connectivity index (χ3v) is 9.51. The van der Waals surface area contributed by atoms with Gasteiger partial charge < -0.3 is 15.1 Å². The van der Waals surface area contributed by atoms with Crippen LogP contribution in [0.4, 0.5) is 0 Å². The van der Waals surface area contributed by atoms with Crippen molar-refractivity contribution in [1.29, 1.82) is 0 Å². The second-order valence-corrected chi connectivity index (χ2v) is 11.6. The summed E-state index contributed by atoms with van der Waals surface area (Å²) >= 11 is 0. The zero-order valence-corrected chi connectivity index (χ0v) is 20.9. The third kappa shape index (κ3) is 5.32. The Kier molecular flexibility index (Phi) is 7.85. The number of aliphatic hydroxyl groups excluding tert-OH is 2. The third-order valence-electron chi connectivity index (χ3n) is 9.51. The lowest BCUT2D eigenvalue weighted by Crippen LogP contribution is -2.37. The summed E-state index contributed by atoms with van der Waals surface area (Å²) in [7, 11) is 0. The monoisotopic (exact) mass is 455 g/mol. The molecule has 0 aromatic carbocycles. The number of aliphatic hydroxyl groups is 2. The standard InChI is InChI=1S/C29H45NO3/c1-20(9-14-28(33)30-16-5-4-6-17-30)25-12-13-26-22(8-7-15-29(25,26)3)10-11-23-18-24(31)19-27(32)21(23)2/h10-11,20,24-27,31-32H,2,4-9,12-19H2,1,3H3/t20-,24?,25-,26?,27?,29-/m1/s1. The van der Waals surface area contributed by atoms with E-state index in [9.17, 15) is 15.0 Å². The van der Waals surface area contributed by atoms with Crippen LogP contribution in [-0.4, -0.2) is 46.3 Å². The van der Waals surface area contributed by atoms with Crippen LogP contribution in [0.25, 0.3) is 0 Å². The number of likely N-dealkylation sites (tertiary alicyclic amines) is 1. The molecule has 6 atom stereocenters. The maximum Gasteiger partial charge on any atom is 0.222 e. The van der Waals surface area contributed by atoms with E-state index in [2.05, 4.69) is 37.5 Å². The van der Waals surface area contributed by atoms with Gasteiger partial charge in [0.05, 0.1) is 12.2 Å². The summed E-state index contributed by atoms with van der Waals surface area (Å²) in [5, 5.41) is 20.2. The highest BCUT2D eigenvalue weighted by Crippen LogP contribution is 2.59. The topological polar surface area (TPSA) is 60.8 Å². The summed E-state index contributed by atoms with van der Waals surface area (Å²) in [4.78, 5) is 14.8. The molecule has 4 rings (SSSR count). The van der Waals surface area contributed by atoms with Gasteiger partial charge in [-0.15, -0.1) is 0 Å². The quantitative estimate of drug-likeness (QED) is 0.571. The summed E-state index contributed by atoms with van der Waals surface area (Å²) in [6, 6.07) is 0. The predicted octanol–water partition coefficient (Wildman–Crippen LogP) is 5.56. The molecular formula is C29H45NO3. The number of rotatable bonds is 5. The Balaban J connectivity index is 1.40. The summed E-state index contributed by atoms with van der Waals surface area (Å²) in [6.07, 6.45) is 15.8. The summed E-state index contributed by atoms with van der Waals surface area (Å²) in [6.45, 7) is 10.9. The molecule has 4 nitrogen and oxygen atoms in total. The molecule has 0 radical (unpaired) electrons. The molecule has 4 fully saturated rings. The number of nitrogens with zero attached hydrogens (tertiary/aromatic N) is 1. The molecule has 3 saturated carbocycles. The molecule has 3 aliphatic carbocycles. The number of carbonyl (C=O) groups excluding carboxylic acids is 1. The summed E-state index contributed by atoms with van der Waals surface area (Å²) < 4.78 is 0. The average molecular weight is 456 g/mol. The van der Waals surface area contributed by atoms with E-state index < -0.39 is 12.2 Å². The Labute approximate surface area is 200 Å². The zero-order chi connectivity index (χ0) is 23.6. The van der Waals surface area contributed by atoms with Crippen molar-refractivity contribution in [3.8, 4) is 0 Å². The maximum atomic E-state index is 12.7. The minimum Gasteiger partial charge on any atom is -0.393 e. The number of hydrogen-bond acceptors (Lipinski definition) is 3. The van der Waals surface area contributed by atoms with Gasteiger partial charge in [-0.1, -0.05) is 38.2 Å². The molecule has 0 aromatic heterocycles. The average Bonchev–Trinajstić information content (AvgIpc) is 3.16. The zero-order valence-electron chi connectivity index (χ0n) is 20.9. The highest BCUT2D eigenvalue weighted by atomic mass is 16.3. The molecule has 0 spiro atoms. The van der Waals surface area contributed by atoms with Gasteiger partial charge in [-0.25, -0.2) is 0 Å². The van der Waals surface area contributed by atoms with Crippen molar-refractivity contribution in [3.63, 3.8) is 0 Å². The Morgan fingerprint density at radius 3 is 2.70 bits per heavy atom. The van der Waals surface area contributed by atoms with Crippen molar-refractivity contribution < 1.29 is 15.0 Å². The lowest BCUT2D eigenvalue weighted by Gasteiger charge is -2.44. The molecule has 4 heteroatoms. The minimum atomic E-state index is -0.626. The SMILES string of the molecule is C=C1C(=CC=C2CCC[C@@]3(C)C2CC[C@@H]3[C@H](C)CCC(=O)N2CCCCC2)CC(O)CC1O. The van der Waals surface area contributed by atoms with Crippen LogP contribution in [0, 0.1) is 23.2 Å². The normalized spacial score (nSPS) is 38.5. The fraction of sp³-hybridized carbons (Fsp3) is 0.759. The molecule has 4 aliphatic rings. The first-order valence-electron chi connectivity index (χ1n) is 13.5. The van der Waals surface area contributed by atoms with Crippen LogP contribution < -0.4 is 0 Å². The smallest absolute Gasteiger partial charge is 0.222 e. The van der Waals surface area contributed by atoms with Gasteiger partial charge in [0.25, 0.3) is 0 Å². The van der Waals surface area contributed by atoms with Crippen LogP contribution in [0.3, 0.4) is 0 Å². The molecule has 1 heterocycles. The molecular weight excluding hydrogens is 410 g/mol. The van der Waals surface area contributed by atoms with Crippen LogP contribution in [-0.2, 0) is 4.79 Å². The van der Waals surface area contributed by atoms with Crippen LogP contribution in [0.1, 0.15) is 90.9 Å². The van der Waals surface area contributed by atoms with Gasteiger partial charge in [0.2, 0.25) is 5.91 Å². The molecule has 33 heavy (non-hydrogen) atoms. The highest BCUT2D eigenvalue weighted by molar-refractivity contribution is 5.76. The van der Waals surface area contributed by atoms with Crippen molar-refractivity contribution in [2.24, 2.45) is 23.2 Å². The van der Waals surface area contributed by atoms with E-state index >= 15 is 0 Å². The first kappa shape index (κ1) is 24.7. The lowest BCUT2D eigenvalue weighted by molar-refractivity contribution is -0.132. The van der Waals surface area contributed by atoms with Crippen molar-refractivity contribution in [2.45, 2.75) is 103 Å². The van der Waals surface area contributed by atoms with Crippen LogP contribution in [0.2, 0.25) is 0 Å². The number of amides is 1. The number of piperidine rings is 1. The van der Waals surface area contributed by atoms with E-state index in [4.69, 9.17) is 0 Å². The second-order valence-electron chi connectivity index (χ2n) is 11.6. The molecule has 184 valence electrons. The van der Waals surface area contributed by atoms with Gasteiger partial charge in [-0.3, -0.25) is 4.79 Å². The molecule has 0 aromatic rings. The van der Waals surface area contributed by atoms with E-state index in [0.717, 1.165) is 37.1 Å². The number of fused-ring (bicyclic) bond motifs is 1. The first-order valence-corrected chi connectivity index (χ1v) is 13.5. The molecule has 2 N–H and O–H groups in total. The Morgan fingerprint density at radius 1 is 1.18 bits per heavy atom. The molecule has 1 saturated heterocycles. The van der Waals surface area contributed by atoms with Gasteiger partial charge in [0, 0.05) is 25.9 Å². The van der Waals surface area contributed by atoms with Crippen LogP contribution in [0.5, 0.6) is 0 Å². The highest BCUT2D eigenvalue weighted by Gasteiger charge is 2.50. The largest absolute Gasteiger partial charge is 0.393 e. The lowest BCUT2D eigenvalue weighted by atomic mass is 9.60. The van der Waals surface area contributed by atoms with E-state index in [1.165, 1.54) is 50.5 Å². The van der Waals surface area contributed by atoms with Crippen molar-refractivity contribution >= 4 is 5.91 Å². The van der Waals surface area contributed by atoms with Gasteiger partial charge >= 0.3 is 0 Å². The Bertz CT molecular complexity index is 793. The molecule has 0 bridgehead atoms. The number of hydrogen-bond donors (Lipinski definition) is 2. The second kappa shape index (κ2) is 10.5. The molecule has 1 aliphatic heterocycles. The van der Waals surface area contributed by atoms with Gasteiger partial charge in [-0.2, -0.15) is 0 Å². The van der Waals surface area contributed by atoms with Crippen LogP contribution >= 0.6 is 0 Å². The predicted molar refractivity (Wildman–Crippen MR) is 134 cm³/mol. The van der Waals surface area contributed by atoms with Gasteiger partial charge in [0.1, 0.15) is 0 Å². The van der Waals surface area contributed by atoms with E-state index in [1.807, 2.05) is 0 Å². The molecule has 3 unspecified atom stereocenters. The fourth-order valence-electron chi connectivity index (χ4n) is 7.53. The van der Waals surface area contributed by atoms with E-state index in [-0.39, 0.29) is 0 Å². The van der Waals surface area contributed by atoms with Crippen molar-refractivity contribution in [3.05, 3.63) is 35.5 Å². The summed E-state index contributed by atoms with van der Waals surface area (Å²) in [5.41, 5.74) is 3.63. The fourth-order valence-corrected chi connectivity index (χ4v) is 7.53. The van der Waals surface area contributed by atoms with Crippen LogP contribution in [0.15, 0.2) is 35.5 Å². The minimum absolute atomic E-state index is 0.318. The Hall–Kier alpha value is -1.39. The number of allylic oxidation sites excluding steroid dienone is 3. The van der Waals surface area contributed by atoms with Crippen molar-refractivity contribution in [1.82, 2.24) is 4.90 Å². The molecule has 1 amide bonds. The van der Waals surface area contributed by atoms with Crippen molar-refractivity contribution in [2.75, 3.05) is 13.1 Å². The number of carbonyl (C=O) groups is 1. The summed E-state index contributed by atoms with van der Waals surface area (Å²) in [5.74, 6) is 2.24. The van der Waals surface area contributed by atoms with Gasteiger partial charge in [-0.05, 0) is 98.5 Å². The maximum absolute atomic E-state index is 12.7. The van der Waals surface area contributed by atoms with E-state index in [1.54, 1.807) is 0 Å². The van der Waals surface area contributed by atoms with Gasteiger partial charge in [0.15, 0.2) is 0 Å². The first-order chi connectivity index (χ1) is 15.8. The van der Waals surface area contributed by atoms with E-state index in [0.29, 0.717) is 48.3 Å². The Morgan fingerprint density at radius 2 is 1.94 bits per heavy atom.